The van der Waals surface area contributed by atoms with E-state index < -0.39 is 6.10 Å². The average Bonchev–Trinajstić information content (AvgIpc) is 3.07. The number of nitrogens with one attached hydrogen (secondary N) is 1. The molecule has 0 unspecified atom stereocenters. The Kier molecular flexibility index (Phi) is 4.24. The summed E-state index contributed by atoms with van der Waals surface area (Å²) in [5.74, 6) is 0.348. The molecule has 5 nitrogen and oxygen atoms in total. The van der Waals surface area contributed by atoms with Crippen LogP contribution in [0.4, 0.5) is 0 Å². The number of hydrogen-bond donors (Lipinski definition) is 2. The van der Waals surface area contributed by atoms with Gasteiger partial charge in [0.2, 0.25) is 5.89 Å². The smallest absolute Gasteiger partial charge is 0.251 e. The van der Waals surface area contributed by atoms with Gasteiger partial charge in [-0.05, 0) is 43.2 Å². The number of rotatable bonds is 3. The van der Waals surface area contributed by atoms with Crippen LogP contribution in [0.2, 0.25) is 0 Å². The van der Waals surface area contributed by atoms with Crippen molar-refractivity contribution in [2.24, 2.45) is 0 Å². The largest absolute Gasteiger partial charge is 0.436 e. The van der Waals surface area contributed by atoms with Gasteiger partial charge in [0, 0.05) is 11.1 Å². The first-order valence-corrected chi connectivity index (χ1v) is 8.66. The van der Waals surface area contributed by atoms with Crippen LogP contribution in [0, 0.1) is 0 Å². The number of fused-ring (bicyclic) bond motifs is 1. The maximum atomic E-state index is 12.5. The lowest BCUT2D eigenvalue weighted by molar-refractivity contribution is 0.0717. The van der Waals surface area contributed by atoms with Gasteiger partial charge in [-0.1, -0.05) is 31.0 Å². The van der Waals surface area contributed by atoms with Crippen molar-refractivity contribution in [3.63, 3.8) is 0 Å². The molecule has 0 bridgehead atoms. The summed E-state index contributed by atoms with van der Waals surface area (Å²) in [5.41, 5.74) is 2.71. The van der Waals surface area contributed by atoms with Gasteiger partial charge in [-0.3, -0.25) is 4.79 Å². The van der Waals surface area contributed by atoms with Crippen molar-refractivity contribution in [2.45, 2.75) is 37.8 Å². The zero-order valence-corrected chi connectivity index (χ0v) is 13.8. The fourth-order valence-electron chi connectivity index (χ4n) is 3.30. The highest BCUT2D eigenvalue weighted by Crippen LogP contribution is 2.25. The number of hydrogen-bond acceptors (Lipinski definition) is 4. The van der Waals surface area contributed by atoms with Crippen molar-refractivity contribution < 1.29 is 14.3 Å². The standard InChI is InChI=1S/C20H20N2O3/c23-17-9-5-4-8-15(17)21-19(24)14-10-11-16-18(12-14)25-20(22-16)13-6-2-1-3-7-13/h1-3,6-7,10-12,15,17,23H,4-5,8-9H2,(H,21,24)/t15-,17-/m1/s1. The van der Waals surface area contributed by atoms with Crippen molar-refractivity contribution in [1.82, 2.24) is 10.3 Å². The highest BCUT2D eigenvalue weighted by molar-refractivity contribution is 5.97. The normalized spacial score (nSPS) is 20.5. The highest BCUT2D eigenvalue weighted by Gasteiger charge is 2.25. The van der Waals surface area contributed by atoms with E-state index in [1.54, 1.807) is 18.2 Å². The first-order chi connectivity index (χ1) is 12.2. The second-order valence-corrected chi connectivity index (χ2v) is 6.50. The summed E-state index contributed by atoms with van der Waals surface area (Å²) in [5, 5.41) is 13.0. The van der Waals surface area contributed by atoms with E-state index in [9.17, 15) is 9.90 Å². The lowest BCUT2D eigenvalue weighted by Crippen LogP contribution is -2.45. The molecule has 0 spiro atoms. The topological polar surface area (TPSA) is 75.4 Å². The Bertz CT molecular complexity index is 888. The van der Waals surface area contributed by atoms with Crippen LogP contribution in [0.1, 0.15) is 36.0 Å². The summed E-state index contributed by atoms with van der Waals surface area (Å²) < 4.78 is 5.82. The minimum Gasteiger partial charge on any atom is -0.436 e. The minimum absolute atomic E-state index is 0.174. The lowest BCUT2D eigenvalue weighted by Gasteiger charge is -2.28. The quantitative estimate of drug-likeness (QED) is 0.767. The molecule has 1 amide bonds. The Hall–Kier alpha value is -2.66. The lowest BCUT2D eigenvalue weighted by atomic mass is 9.92. The van der Waals surface area contributed by atoms with Crippen LogP contribution >= 0.6 is 0 Å². The third-order valence-electron chi connectivity index (χ3n) is 4.72. The Morgan fingerprint density at radius 3 is 2.72 bits per heavy atom. The predicted octanol–water partition coefficient (Wildman–Crippen LogP) is 3.53. The molecule has 1 saturated carbocycles. The molecule has 128 valence electrons. The molecule has 3 aromatic rings. The Balaban J connectivity index is 1.57. The van der Waals surface area contributed by atoms with E-state index in [1.165, 1.54) is 0 Å². The Labute approximate surface area is 145 Å². The van der Waals surface area contributed by atoms with E-state index in [0.29, 0.717) is 22.6 Å². The van der Waals surface area contributed by atoms with Gasteiger partial charge in [0.1, 0.15) is 5.52 Å². The third-order valence-corrected chi connectivity index (χ3v) is 4.72. The molecule has 0 saturated heterocycles. The number of aliphatic hydroxyl groups excluding tert-OH is 1. The van der Waals surface area contributed by atoms with E-state index in [-0.39, 0.29) is 11.9 Å². The van der Waals surface area contributed by atoms with Crippen LogP contribution in [0.5, 0.6) is 0 Å². The third kappa shape index (κ3) is 3.28. The van der Waals surface area contributed by atoms with Crippen LogP contribution in [-0.2, 0) is 0 Å². The van der Waals surface area contributed by atoms with Gasteiger partial charge >= 0.3 is 0 Å². The zero-order chi connectivity index (χ0) is 17.2. The zero-order valence-electron chi connectivity index (χ0n) is 13.8. The molecule has 25 heavy (non-hydrogen) atoms. The predicted molar refractivity (Wildman–Crippen MR) is 95.2 cm³/mol. The monoisotopic (exact) mass is 336 g/mol. The fraction of sp³-hybridized carbons (Fsp3) is 0.300. The summed E-state index contributed by atoms with van der Waals surface area (Å²) in [6.07, 6.45) is 3.14. The van der Waals surface area contributed by atoms with Crippen molar-refractivity contribution >= 4 is 17.0 Å². The van der Waals surface area contributed by atoms with Crippen molar-refractivity contribution in [1.29, 1.82) is 0 Å². The van der Waals surface area contributed by atoms with Gasteiger partial charge in [-0.2, -0.15) is 0 Å². The first-order valence-electron chi connectivity index (χ1n) is 8.66. The molecular weight excluding hydrogens is 316 g/mol. The molecule has 5 heteroatoms. The fourth-order valence-corrected chi connectivity index (χ4v) is 3.30. The van der Waals surface area contributed by atoms with Gasteiger partial charge in [-0.25, -0.2) is 4.98 Å². The van der Waals surface area contributed by atoms with Crippen LogP contribution in [0.25, 0.3) is 22.6 Å². The van der Waals surface area contributed by atoms with Crippen molar-refractivity contribution in [3.8, 4) is 11.5 Å². The van der Waals surface area contributed by atoms with Gasteiger partial charge < -0.3 is 14.8 Å². The summed E-state index contributed by atoms with van der Waals surface area (Å²) in [6, 6.07) is 14.7. The summed E-state index contributed by atoms with van der Waals surface area (Å²) in [6.45, 7) is 0. The van der Waals surface area contributed by atoms with Gasteiger partial charge in [0.25, 0.3) is 5.91 Å². The Morgan fingerprint density at radius 1 is 1.12 bits per heavy atom. The van der Waals surface area contributed by atoms with E-state index in [0.717, 1.165) is 31.2 Å². The molecule has 0 radical (unpaired) electrons. The Morgan fingerprint density at radius 2 is 1.92 bits per heavy atom. The molecule has 2 aromatic carbocycles. The van der Waals surface area contributed by atoms with Gasteiger partial charge in [-0.15, -0.1) is 0 Å². The van der Waals surface area contributed by atoms with E-state index >= 15 is 0 Å². The van der Waals surface area contributed by atoms with E-state index in [2.05, 4.69) is 10.3 Å². The molecule has 1 fully saturated rings. The van der Waals surface area contributed by atoms with E-state index in [4.69, 9.17) is 4.42 Å². The van der Waals surface area contributed by atoms with Crippen LogP contribution in [0.3, 0.4) is 0 Å². The number of aliphatic hydroxyl groups is 1. The van der Waals surface area contributed by atoms with Crippen LogP contribution < -0.4 is 5.32 Å². The average molecular weight is 336 g/mol. The van der Waals surface area contributed by atoms with Crippen LogP contribution in [-0.4, -0.2) is 28.1 Å². The number of amides is 1. The SMILES string of the molecule is O=C(N[C@@H]1CCCC[C@H]1O)c1ccc2nc(-c3ccccc3)oc2c1. The number of nitrogens with zero attached hydrogens (tertiary/aromatic N) is 1. The molecule has 2 N–H and O–H groups in total. The molecule has 4 rings (SSSR count). The van der Waals surface area contributed by atoms with Crippen LogP contribution in [0.15, 0.2) is 52.9 Å². The maximum Gasteiger partial charge on any atom is 0.251 e. The summed E-state index contributed by atoms with van der Waals surface area (Å²) >= 11 is 0. The number of benzene rings is 2. The number of oxazole rings is 1. The molecule has 1 aliphatic carbocycles. The summed E-state index contributed by atoms with van der Waals surface area (Å²) in [4.78, 5) is 17.0. The molecule has 1 heterocycles. The molecule has 1 aliphatic rings. The second kappa shape index (κ2) is 6.69. The molecule has 2 atom stereocenters. The van der Waals surface area contributed by atoms with Crippen molar-refractivity contribution in [3.05, 3.63) is 54.1 Å². The minimum atomic E-state index is -0.462. The number of carbonyl (C=O) groups is 1. The van der Waals surface area contributed by atoms with Gasteiger partial charge in [0.05, 0.1) is 12.1 Å². The molecule has 0 aliphatic heterocycles. The maximum absolute atomic E-state index is 12.5. The van der Waals surface area contributed by atoms with Gasteiger partial charge in [0.15, 0.2) is 5.58 Å². The second-order valence-electron chi connectivity index (χ2n) is 6.50. The molecular formula is C20H20N2O3. The number of carbonyl (C=O) groups excluding carboxylic acids is 1. The first kappa shape index (κ1) is 15.8. The molecule has 1 aromatic heterocycles. The van der Waals surface area contributed by atoms with E-state index in [1.807, 2.05) is 30.3 Å². The number of aromatic nitrogens is 1. The van der Waals surface area contributed by atoms with Crippen molar-refractivity contribution in [2.75, 3.05) is 0 Å². The highest BCUT2D eigenvalue weighted by atomic mass is 16.3. The summed E-state index contributed by atoms with van der Waals surface area (Å²) in [7, 11) is 0.